The number of hydrogen-bond donors (Lipinski definition) is 2. The fraction of sp³-hybridized carbons (Fsp3) is 0.480. The molecule has 2 aromatic heterocycles. The van der Waals surface area contributed by atoms with Crippen molar-refractivity contribution >= 4 is 34.7 Å². The number of nitrogens with zero attached hydrogens (tertiary/aromatic N) is 6. The first-order valence-corrected chi connectivity index (χ1v) is 12.7. The Morgan fingerprint density at radius 2 is 1.84 bits per heavy atom. The second-order valence-electron chi connectivity index (χ2n) is 9.10. The molecule has 0 atom stereocenters. The molecule has 3 aromatic rings. The number of rotatable bonds is 6. The predicted octanol–water partition coefficient (Wildman–Crippen LogP) is 2.82. The molecule has 13 heteroatoms. The van der Waals surface area contributed by atoms with Gasteiger partial charge in [-0.25, -0.2) is 28.6 Å². The normalized spacial score (nSPS) is 16.5. The van der Waals surface area contributed by atoms with E-state index >= 15 is 0 Å². The third-order valence-electron chi connectivity index (χ3n) is 6.74. The van der Waals surface area contributed by atoms with Gasteiger partial charge in [0.2, 0.25) is 0 Å². The molecule has 2 N–H and O–H groups in total. The highest BCUT2D eigenvalue weighted by atomic mass is 19.1. The Kier molecular flexibility index (Phi) is 7.82. The van der Waals surface area contributed by atoms with Crippen LogP contribution < -0.4 is 15.5 Å². The van der Waals surface area contributed by atoms with Crippen molar-refractivity contribution in [1.29, 1.82) is 0 Å². The summed E-state index contributed by atoms with van der Waals surface area (Å²) < 4.78 is 24.8. The minimum absolute atomic E-state index is 0.0390. The van der Waals surface area contributed by atoms with Crippen LogP contribution in [0, 0.1) is 0 Å². The fourth-order valence-corrected chi connectivity index (χ4v) is 4.73. The van der Waals surface area contributed by atoms with Gasteiger partial charge in [0.15, 0.2) is 11.5 Å². The number of carbonyl (C=O) groups is 2. The van der Waals surface area contributed by atoms with Gasteiger partial charge in [0.1, 0.15) is 19.1 Å². The van der Waals surface area contributed by atoms with E-state index in [4.69, 9.17) is 24.5 Å². The molecule has 1 aromatic carbocycles. The highest BCUT2D eigenvalue weighted by Crippen LogP contribution is 2.32. The number of likely N-dealkylation sites (tertiary alicyclic amines) is 1. The van der Waals surface area contributed by atoms with Crippen LogP contribution >= 0.6 is 0 Å². The van der Waals surface area contributed by atoms with Crippen LogP contribution in [-0.2, 0) is 9.47 Å². The first-order chi connectivity index (χ1) is 18.6. The summed E-state index contributed by atoms with van der Waals surface area (Å²) in [6.07, 6.45) is 2.67. The van der Waals surface area contributed by atoms with Gasteiger partial charge < -0.3 is 29.9 Å². The lowest BCUT2D eigenvalue weighted by Gasteiger charge is -2.31. The van der Waals surface area contributed by atoms with Crippen LogP contribution in [0.5, 0.6) is 0 Å². The number of ether oxygens (including phenoxy) is 2. The topological polar surface area (TPSA) is 127 Å². The van der Waals surface area contributed by atoms with E-state index in [9.17, 15) is 14.0 Å². The van der Waals surface area contributed by atoms with Crippen LogP contribution in [0.1, 0.15) is 18.9 Å². The molecule has 0 radical (unpaired) electrons. The molecule has 0 bridgehead atoms. The quantitative estimate of drug-likeness (QED) is 0.502. The number of aromatic nitrogens is 4. The van der Waals surface area contributed by atoms with E-state index in [0.29, 0.717) is 63.7 Å². The molecule has 0 spiro atoms. The van der Waals surface area contributed by atoms with Crippen molar-refractivity contribution in [3.63, 3.8) is 0 Å². The maximum Gasteiger partial charge on any atom is 0.409 e. The van der Waals surface area contributed by atoms with E-state index in [1.807, 2.05) is 35.1 Å². The number of urea groups is 1. The number of amides is 3. The Balaban J connectivity index is 1.45. The lowest BCUT2D eigenvalue weighted by atomic mass is 10.1. The average Bonchev–Trinajstić information content (AvgIpc) is 3.40. The van der Waals surface area contributed by atoms with Gasteiger partial charge in [-0.1, -0.05) is 0 Å². The summed E-state index contributed by atoms with van der Waals surface area (Å²) in [5.41, 5.74) is 2.19. The summed E-state index contributed by atoms with van der Waals surface area (Å²) >= 11 is 0. The van der Waals surface area contributed by atoms with Gasteiger partial charge in [0, 0.05) is 44.5 Å². The van der Waals surface area contributed by atoms with Crippen molar-refractivity contribution in [3.8, 4) is 11.4 Å². The van der Waals surface area contributed by atoms with E-state index in [1.54, 1.807) is 11.9 Å². The maximum absolute atomic E-state index is 12.4. The van der Waals surface area contributed by atoms with Crippen LogP contribution in [0.3, 0.4) is 0 Å². The number of halogens is 1. The van der Waals surface area contributed by atoms with Crippen LogP contribution in [0.4, 0.5) is 25.5 Å². The molecule has 202 valence electrons. The number of piperidine rings is 1. The largest absolute Gasteiger partial charge is 0.447 e. The molecule has 4 heterocycles. The molecule has 2 aliphatic heterocycles. The fourth-order valence-electron chi connectivity index (χ4n) is 4.73. The van der Waals surface area contributed by atoms with Gasteiger partial charge in [-0.2, -0.15) is 5.10 Å². The minimum atomic E-state index is -0.692. The first-order valence-electron chi connectivity index (χ1n) is 12.7. The zero-order valence-corrected chi connectivity index (χ0v) is 21.2. The Morgan fingerprint density at radius 3 is 2.53 bits per heavy atom. The summed E-state index contributed by atoms with van der Waals surface area (Å²) in [5.74, 6) is 1.36. The van der Waals surface area contributed by atoms with E-state index in [-0.39, 0.29) is 18.7 Å². The minimum Gasteiger partial charge on any atom is -0.447 e. The van der Waals surface area contributed by atoms with Gasteiger partial charge in [0.05, 0.1) is 30.8 Å². The molecule has 0 saturated carbocycles. The molecule has 0 unspecified atom stereocenters. The SMILES string of the molecule is CNC(=O)Nc1ccc(-c2nc(N3CCOCC3)c3cnn(C4CCN(C(=O)OCCF)CC4)c3n2)cc1. The van der Waals surface area contributed by atoms with Crippen molar-refractivity contribution in [3.05, 3.63) is 30.5 Å². The average molecular weight is 527 g/mol. The van der Waals surface area contributed by atoms with Crippen molar-refractivity contribution in [2.24, 2.45) is 0 Å². The Bertz CT molecular complexity index is 1270. The lowest BCUT2D eigenvalue weighted by Crippen LogP contribution is -2.39. The number of carbonyl (C=O) groups excluding carboxylic acids is 2. The molecule has 2 saturated heterocycles. The second kappa shape index (κ2) is 11.6. The van der Waals surface area contributed by atoms with E-state index in [2.05, 4.69) is 15.5 Å². The molecular weight excluding hydrogens is 495 g/mol. The monoisotopic (exact) mass is 526 g/mol. The maximum atomic E-state index is 12.4. The molecule has 3 amide bonds. The van der Waals surface area contributed by atoms with Crippen molar-refractivity contribution < 1.29 is 23.5 Å². The molecule has 2 aliphatic rings. The van der Waals surface area contributed by atoms with Gasteiger partial charge in [-0.15, -0.1) is 0 Å². The standard InChI is InChI=1S/C25H31FN8O4/c1-27-24(35)29-18-4-2-17(3-5-18)21-30-22(32-11-14-37-15-12-32)20-16-28-34(23(20)31-21)19-6-9-33(10-7-19)25(36)38-13-8-26/h2-5,16,19H,6-15H2,1H3,(H2,27,29,35). The molecule has 5 rings (SSSR count). The number of morpholine rings is 1. The number of hydrogen-bond acceptors (Lipinski definition) is 8. The van der Waals surface area contributed by atoms with Crippen molar-refractivity contribution in [1.82, 2.24) is 30.0 Å². The number of anilines is 2. The second-order valence-corrected chi connectivity index (χ2v) is 9.10. The van der Waals surface area contributed by atoms with Crippen molar-refractivity contribution in [2.75, 3.05) is 69.9 Å². The Morgan fingerprint density at radius 1 is 1.11 bits per heavy atom. The van der Waals surface area contributed by atoms with E-state index in [0.717, 1.165) is 22.4 Å². The number of fused-ring (bicyclic) bond motifs is 1. The molecule has 12 nitrogen and oxygen atoms in total. The highest BCUT2D eigenvalue weighted by Gasteiger charge is 2.28. The van der Waals surface area contributed by atoms with Crippen molar-refractivity contribution in [2.45, 2.75) is 18.9 Å². The van der Waals surface area contributed by atoms with E-state index < -0.39 is 12.8 Å². The third-order valence-corrected chi connectivity index (χ3v) is 6.74. The Hall–Kier alpha value is -4.00. The Labute approximate surface area is 219 Å². The molecule has 0 aliphatic carbocycles. The number of alkyl halides is 1. The summed E-state index contributed by atoms with van der Waals surface area (Å²) in [4.78, 5) is 37.4. The molecular formula is C25H31FN8O4. The van der Waals surface area contributed by atoms with E-state index in [1.165, 1.54) is 0 Å². The highest BCUT2D eigenvalue weighted by molar-refractivity contribution is 5.90. The lowest BCUT2D eigenvalue weighted by molar-refractivity contribution is 0.0830. The van der Waals surface area contributed by atoms with Gasteiger partial charge in [-0.05, 0) is 37.1 Å². The first kappa shape index (κ1) is 25.6. The number of benzene rings is 1. The summed E-state index contributed by atoms with van der Waals surface area (Å²) in [6.45, 7) is 2.72. The van der Waals surface area contributed by atoms with Crippen LogP contribution in [0.25, 0.3) is 22.4 Å². The smallest absolute Gasteiger partial charge is 0.409 e. The van der Waals surface area contributed by atoms with Gasteiger partial charge in [-0.3, -0.25) is 0 Å². The van der Waals surface area contributed by atoms with Crippen LogP contribution in [0.2, 0.25) is 0 Å². The van der Waals surface area contributed by atoms with Gasteiger partial charge >= 0.3 is 12.1 Å². The zero-order chi connectivity index (χ0) is 26.5. The number of nitrogens with one attached hydrogen (secondary N) is 2. The predicted molar refractivity (Wildman–Crippen MR) is 139 cm³/mol. The van der Waals surface area contributed by atoms with Crippen LogP contribution in [-0.4, -0.2) is 96.5 Å². The zero-order valence-electron chi connectivity index (χ0n) is 21.2. The molecule has 2 fully saturated rings. The summed E-state index contributed by atoms with van der Waals surface area (Å²) in [7, 11) is 1.56. The summed E-state index contributed by atoms with van der Waals surface area (Å²) in [5, 5.41) is 10.8. The third kappa shape index (κ3) is 5.47. The molecule has 38 heavy (non-hydrogen) atoms. The van der Waals surface area contributed by atoms with Gasteiger partial charge in [0.25, 0.3) is 0 Å². The summed E-state index contributed by atoms with van der Waals surface area (Å²) in [6, 6.07) is 7.10. The van der Waals surface area contributed by atoms with Crippen LogP contribution in [0.15, 0.2) is 30.5 Å².